The summed E-state index contributed by atoms with van der Waals surface area (Å²) in [5.74, 6) is -0.0823. The molecule has 28 heavy (non-hydrogen) atoms. The topological polar surface area (TPSA) is 84.5 Å². The summed E-state index contributed by atoms with van der Waals surface area (Å²) in [5.41, 5.74) is 2.66. The Morgan fingerprint density at radius 3 is 2.75 bits per heavy atom. The molecule has 150 valence electrons. The molecule has 1 unspecified atom stereocenters. The maximum absolute atomic E-state index is 12.8. The highest BCUT2D eigenvalue weighted by atomic mass is 32.2. The first-order valence-electron chi connectivity index (χ1n) is 9.52. The molecule has 1 atom stereocenters. The van der Waals surface area contributed by atoms with Crippen molar-refractivity contribution in [3.05, 3.63) is 59.2 Å². The third-order valence-corrected chi connectivity index (χ3v) is 6.46. The predicted octanol–water partition coefficient (Wildman–Crippen LogP) is 3.19. The van der Waals surface area contributed by atoms with Gasteiger partial charge in [0.25, 0.3) is 5.91 Å². The summed E-state index contributed by atoms with van der Waals surface area (Å²) >= 11 is 0. The van der Waals surface area contributed by atoms with Crippen LogP contribution in [-0.2, 0) is 16.4 Å². The number of ether oxygens (including phenoxy) is 1. The van der Waals surface area contributed by atoms with Crippen molar-refractivity contribution in [2.45, 2.75) is 43.5 Å². The predicted molar refractivity (Wildman–Crippen MR) is 108 cm³/mol. The number of carbonyl (C=O) groups excluding carboxylic acids is 1. The molecule has 2 aromatic carbocycles. The SMILES string of the molecule is CCCCNS(=O)(=O)c1cc(C(=O)NC2CCc3ccccc32)ccc1OC. The number of aryl methyl sites for hydroxylation is 1. The van der Waals surface area contributed by atoms with Crippen LogP contribution < -0.4 is 14.8 Å². The fraction of sp³-hybridized carbons (Fsp3) is 0.381. The van der Waals surface area contributed by atoms with E-state index in [9.17, 15) is 13.2 Å². The minimum absolute atomic E-state index is 0.0226. The molecule has 0 aromatic heterocycles. The van der Waals surface area contributed by atoms with Crippen LogP contribution in [0.2, 0.25) is 0 Å². The number of nitrogens with one attached hydrogen (secondary N) is 2. The number of amides is 1. The van der Waals surface area contributed by atoms with Crippen molar-refractivity contribution in [3.8, 4) is 5.75 Å². The molecular formula is C21H26N2O4S. The quantitative estimate of drug-likeness (QED) is 0.664. The lowest BCUT2D eigenvalue weighted by atomic mass is 10.1. The number of hydrogen-bond donors (Lipinski definition) is 2. The second kappa shape index (κ2) is 8.75. The van der Waals surface area contributed by atoms with E-state index in [4.69, 9.17) is 4.74 Å². The van der Waals surface area contributed by atoms with Crippen molar-refractivity contribution in [1.29, 1.82) is 0 Å². The fourth-order valence-corrected chi connectivity index (χ4v) is 4.70. The second-order valence-corrected chi connectivity index (χ2v) is 8.62. The molecule has 0 bridgehead atoms. The van der Waals surface area contributed by atoms with Gasteiger partial charge in [-0.25, -0.2) is 13.1 Å². The molecule has 2 aromatic rings. The molecule has 1 amide bonds. The van der Waals surface area contributed by atoms with Gasteiger partial charge in [0.05, 0.1) is 13.2 Å². The van der Waals surface area contributed by atoms with Gasteiger partial charge >= 0.3 is 0 Å². The van der Waals surface area contributed by atoms with E-state index in [1.54, 1.807) is 6.07 Å². The minimum Gasteiger partial charge on any atom is -0.495 e. The Bertz CT molecular complexity index is 957. The molecule has 0 heterocycles. The molecule has 0 spiro atoms. The van der Waals surface area contributed by atoms with E-state index < -0.39 is 10.0 Å². The van der Waals surface area contributed by atoms with Crippen molar-refractivity contribution in [2.24, 2.45) is 0 Å². The van der Waals surface area contributed by atoms with Crippen molar-refractivity contribution < 1.29 is 17.9 Å². The normalized spacial score (nSPS) is 15.9. The molecular weight excluding hydrogens is 376 g/mol. The first-order chi connectivity index (χ1) is 13.5. The number of sulfonamides is 1. The van der Waals surface area contributed by atoms with Crippen molar-refractivity contribution >= 4 is 15.9 Å². The highest BCUT2D eigenvalue weighted by Crippen LogP contribution is 2.31. The lowest BCUT2D eigenvalue weighted by Gasteiger charge is -2.16. The molecule has 2 N–H and O–H groups in total. The number of hydrogen-bond acceptors (Lipinski definition) is 4. The van der Waals surface area contributed by atoms with Crippen LogP contribution in [0.15, 0.2) is 47.4 Å². The van der Waals surface area contributed by atoms with Crippen LogP contribution in [-0.4, -0.2) is 28.0 Å². The number of fused-ring (bicyclic) bond motifs is 1. The summed E-state index contributed by atoms with van der Waals surface area (Å²) in [6.07, 6.45) is 3.38. The monoisotopic (exact) mass is 402 g/mol. The van der Waals surface area contributed by atoms with Gasteiger partial charge in [-0.2, -0.15) is 0 Å². The van der Waals surface area contributed by atoms with Crippen molar-refractivity contribution in [1.82, 2.24) is 10.0 Å². The Balaban J connectivity index is 1.82. The van der Waals surface area contributed by atoms with Crippen LogP contribution in [0.1, 0.15) is 53.7 Å². The minimum atomic E-state index is -3.76. The number of benzene rings is 2. The molecule has 0 aliphatic heterocycles. The third kappa shape index (κ3) is 4.36. The molecule has 6 nitrogen and oxygen atoms in total. The zero-order valence-corrected chi connectivity index (χ0v) is 17.0. The summed E-state index contributed by atoms with van der Waals surface area (Å²) in [5, 5.41) is 3.02. The van der Waals surface area contributed by atoms with E-state index in [1.807, 2.05) is 25.1 Å². The van der Waals surface area contributed by atoms with Crippen LogP contribution in [0.3, 0.4) is 0 Å². The van der Waals surface area contributed by atoms with E-state index in [0.29, 0.717) is 12.1 Å². The Kier molecular flexibility index (Phi) is 6.36. The van der Waals surface area contributed by atoms with E-state index in [-0.39, 0.29) is 22.6 Å². The summed E-state index contributed by atoms with van der Waals surface area (Å²) in [6, 6.07) is 12.5. The van der Waals surface area contributed by atoms with Crippen LogP contribution in [0.4, 0.5) is 0 Å². The first-order valence-corrected chi connectivity index (χ1v) is 11.0. The first kappa shape index (κ1) is 20.4. The Hall–Kier alpha value is -2.38. The van der Waals surface area contributed by atoms with Gasteiger partial charge in [-0.05, 0) is 48.6 Å². The van der Waals surface area contributed by atoms with Gasteiger partial charge in [0.15, 0.2) is 0 Å². The zero-order chi connectivity index (χ0) is 20.1. The molecule has 0 fully saturated rings. The van der Waals surface area contributed by atoms with Crippen LogP contribution >= 0.6 is 0 Å². The van der Waals surface area contributed by atoms with E-state index in [0.717, 1.165) is 31.2 Å². The Labute approximate surface area is 166 Å². The van der Waals surface area contributed by atoms with Crippen molar-refractivity contribution in [2.75, 3.05) is 13.7 Å². The Morgan fingerprint density at radius 2 is 2.00 bits per heavy atom. The van der Waals surface area contributed by atoms with Gasteiger partial charge in [-0.3, -0.25) is 4.79 Å². The number of unbranched alkanes of at least 4 members (excludes halogenated alkanes) is 1. The van der Waals surface area contributed by atoms with E-state index >= 15 is 0 Å². The van der Waals surface area contributed by atoms with E-state index in [1.165, 1.54) is 24.8 Å². The molecule has 3 rings (SSSR count). The molecule has 1 aliphatic rings. The highest BCUT2D eigenvalue weighted by molar-refractivity contribution is 7.89. The fourth-order valence-electron chi connectivity index (χ4n) is 3.44. The average Bonchev–Trinajstić information content (AvgIpc) is 3.10. The maximum atomic E-state index is 12.8. The van der Waals surface area contributed by atoms with Gasteiger partial charge in [-0.1, -0.05) is 37.6 Å². The van der Waals surface area contributed by atoms with Crippen LogP contribution in [0, 0.1) is 0 Å². The van der Waals surface area contributed by atoms with Gasteiger partial charge in [0.2, 0.25) is 10.0 Å². The molecule has 0 saturated heterocycles. The van der Waals surface area contributed by atoms with Gasteiger partial charge in [-0.15, -0.1) is 0 Å². The van der Waals surface area contributed by atoms with Crippen molar-refractivity contribution in [3.63, 3.8) is 0 Å². The highest BCUT2D eigenvalue weighted by Gasteiger charge is 2.25. The van der Waals surface area contributed by atoms with Crippen LogP contribution in [0.5, 0.6) is 5.75 Å². The number of rotatable bonds is 8. The van der Waals surface area contributed by atoms with E-state index in [2.05, 4.69) is 16.1 Å². The standard InChI is InChI=1S/C21H26N2O4S/c1-3-4-13-22-28(25,26)20-14-16(10-12-19(20)27-2)21(24)23-18-11-9-15-7-5-6-8-17(15)18/h5-8,10,12,14,18,22H,3-4,9,11,13H2,1-2H3,(H,23,24). The summed E-state index contributed by atoms with van der Waals surface area (Å²) < 4.78 is 33.1. The molecule has 1 aliphatic carbocycles. The second-order valence-electron chi connectivity index (χ2n) is 6.88. The largest absolute Gasteiger partial charge is 0.495 e. The lowest BCUT2D eigenvalue weighted by Crippen LogP contribution is -2.28. The van der Waals surface area contributed by atoms with Gasteiger partial charge in [0.1, 0.15) is 10.6 Å². The zero-order valence-electron chi connectivity index (χ0n) is 16.2. The number of carbonyl (C=O) groups is 1. The molecule has 0 radical (unpaired) electrons. The molecule has 0 saturated carbocycles. The maximum Gasteiger partial charge on any atom is 0.251 e. The van der Waals surface area contributed by atoms with Gasteiger partial charge < -0.3 is 10.1 Å². The summed E-state index contributed by atoms with van der Waals surface area (Å²) in [6.45, 7) is 2.33. The Morgan fingerprint density at radius 1 is 1.21 bits per heavy atom. The average molecular weight is 403 g/mol. The third-order valence-electron chi connectivity index (χ3n) is 4.98. The number of methoxy groups -OCH3 is 1. The lowest BCUT2D eigenvalue weighted by molar-refractivity contribution is 0.0936. The molecule has 7 heteroatoms. The summed E-state index contributed by atoms with van der Waals surface area (Å²) in [7, 11) is -2.35. The van der Waals surface area contributed by atoms with Gasteiger partial charge in [0, 0.05) is 12.1 Å². The smallest absolute Gasteiger partial charge is 0.251 e. The van der Waals surface area contributed by atoms with Crippen LogP contribution in [0.25, 0.3) is 0 Å². The summed E-state index contributed by atoms with van der Waals surface area (Å²) in [4.78, 5) is 12.8.